The van der Waals surface area contributed by atoms with Crippen molar-refractivity contribution in [3.05, 3.63) is 59.7 Å². The molecule has 0 radical (unpaired) electrons. The monoisotopic (exact) mass is 568 g/mol. The van der Waals surface area contributed by atoms with Gasteiger partial charge in [0.05, 0.1) is 19.3 Å². The van der Waals surface area contributed by atoms with Gasteiger partial charge in [-0.1, -0.05) is 30.3 Å². The Morgan fingerprint density at radius 3 is 2.76 bits per heavy atom. The zero-order valence-electron chi connectivity index (χ0n) is 19.6. The molecule has 0 spiro atoms. The van der Waals surface area contributed by atoms with Crippen molar-refractivity contribution in [1.29, 1.82) is 0 Å². The van der Waals surface area contributed by atoms with Crippen molar-refractivity contribution in [3.63, 3.8) is 0 Å². The molecular formula is C25H37IN4O3. The SMILES string of the molecule is CCNC(=NCC(O)CN1CCc2ccccc2C1)Nc1cccc(OCCCOC)c1.I. The summed E-state index contributed by atoms with van der Waals surface area (Å²) in [4.78, 5) is 6.89. The van der Waals surface area contributed by atoms with Crippen molar-refractivity contribution in [2.24, 2.45) is 4.99 Å². The number of β-amino-alcohol motifs (C(OH)–C–C–N with tert-alkyl or cyclic N) is 1. The topological polar surface area (TPSA) is 78.4 Å². The van der Waals surface area contributed by atoms with E-state index in [1.165, 1.54) is 11.1 Å². The van der Waals surface area contributed by atoms with Gasteiger partial charge in [0.25, 0.3) is 0 Å². The quantitative estimate of drug-likeness (QED) is 0.167. The lowest BCUT2D eigenvalue weighted by molar-refractivity contribution is 0.112. The Hall–Kier alpha value is -1.88. The van der Waals surface area contributed by atoms with Crippen LogP contribution in [0.2, 0.25) is 0 Å². The van der Waals surface area contributed by atoms with Crippen LogP contribution >= 0.6 is 24.0 Å². The Kier molecular flexibility index (Phi) is 12.5. The molecule has 0 saturated heterocycles. The third-order valence-electron chi connectivity index (χ3n) is 5.34. The van der Waals surface area contributed by atoms with E-state index in [4.69, 9.17) is 9.47 Å². The number of aliphatic hydroxyl groups is 1. The van der Waals surface area contributed by atoms with Crippen molar-refractivity contribution in [2.75, 3.05) is 51.8 Å². The lowest BCUT2D eigenvalue weighted by Crippen LogP contribution is -2.38. The number of ether oxygens (including phenoxy) is 2. The van der Waals surface area contributed by atoms with Gasteiger partial charge in [0.15, 0.2) is 5.96 Å². The van der Waals surface area contributed by atoms with E-state index >= 15 is 0 Å². The molecule has 182 valence electrons. The van der Waals surface area contributed by atoms with Gasteiger partial charge in [0, 0.05) is 58.1 Å². The van der Waals surface area contributed by atoms with Crippen LogP contribution in [0.1, 0.15) is 24.5 Å². The molecule has 3 N–H and O–H groups in total. The van der Waals surface area contributed by atoms with Crippen LogP contribution in [0.25, 0.3) is 0 Å². The number of benzene rings is 2. The van der Waals surface area contributed by atoms with Gasteiger partial charge in [0.1, 0.15) is 5.75 Å². The van der Waals surface area contributed by atoms with Crippen molar-refractivity contribution < 1.29 is 14.6 Å². The Labute approximate surface area is 214 Å². The molecule has 2 aromatic carbocycles. The zero-order valence-corrected chi connectivity index (χ0v) is 22.0. The smallest absolute Gasteiger partial charge is 0.195 e. The Morgan fingerprint density at radius 1 is 1.15 bits per heavy atom. The molecule has 3 rings (SSSR count). The average Bonchev–Trinajstić information content (AvgIpc) is 2.81. The van der Waals surface area contributed by atoms with Crippen LogP contribution in [-0.4, -0.2) is 68.6 Å². The predicted molar refractivity (Wildman–Crippen MR) is 145 cm³/mol. The van der Waals surface area contributed by atoms with Crippen LogP contribution in [0.3, 0.4) is 0 Å². The summed E-state index contributed by atoms with van der Waals surface area (Å²) in [6.45, 7) is 6.84. The molecule has 0 aromatic heterocycles. The minimum atomic E-state index is -0.522. The maximum atomic E-state index is 10.6. The largest absolute Gasteiger partial charge is 0.493 e. The second-order valence-electron chi connectivity index (χ2n) is 7.97. The molecular weight excluding hydrogens is 531 g/mol. The lowest BCUT2D eigenvalue weighted by Gasteiger charge is -2.30. The van der Waals surface area contributed by atoms with Gasteiger partial charge < -0.3 is 25.2 Å². The molecule has 1 heterocycles. The van der Waals surface area contributed by atoms with E-state index in [1.807, 2.05) is 31.2 Å². The summed E-state index contributed by atoms with van der Waals surface area (Å²) < 4.78 is 10.8. The highest BCUT2D eigenvalue weighted by atomic mass is 127. The number of aliphatic hydroxyl groups excluding tert-OH is 1. The number of halogens is 1. The highest BCUT2D eigenvalue weighted by Gasteiger charge is 2.18. The van der Waals surface area contributed by atoms with Crippen molar-refractivity contribution in [2.45, 2.75) is 32.4 Å². The number of nitrogens with zero attached hydrogens (tertiary/aromatic N) is 2. The van der Waals surface area contributed by atoms with E-state index < -0.39 is 6.10 Å². The summed E-state index contributed by atoms with van der Waals surface area (Å²) in [6, 6.07) is 16.3. The number of aliphatic imine (C=N–C) groups is 1. The van der Waals surface area contributed by atoms with E-state index in [2.05, 4.69) is 44.8 Å². The Morgan fingerprint density at radius 2 is 1.97 bits per heavy atom. The maximum absolute atomic E-state index is 10.6. The summed E-state index contributed by atoms with van der Waals surface area (Å²) in [5.41, 5.74) is 3.66. The maximum Gasteiger partial charge on any atom is 0.195 e. The van der Waals surface area contributed by atoms with Crippen LogP contribution in [0, 0.1) is 0 Å². The number of nitrogens with one attached hydrogen (secondary N) is 2. The lowest BCUT2D eigenvalue weighted by atomic mass is 10.00. The number of anilines is 1. The molecule has 0 fully saturated rings. The highest BCUT2D eigenvalue weighted by molar-refractivity contribution is 14.0. The second kappa shape index (κ2) is 15.1. The van der Waals surface area contributed by atoms with E-state index in [9.17, 15) is 5.11 Å². The molecule has 7 nitrogen and oxygen atoms in total. The van der Waals surface area contributed by atoms with Gasteiger partial charge in [-0.25, -0.2) is 0 Å². The van der Waals surface area contributed by atoms with Crippen LogP contribution in [-0.2, 0) is 17.7 Å². The standard InChI is InChI=1S/C25H36N4O3.HI/c1-3-26-25(28-22-10-6-11-24(16-22)32-15-7-14-31-2)27-17-23(30)19-29-13-12-20-8-4-5-9-21(20)18-29;/h4-6,8-11,16,23,30H,3,7,12-15,17-19H2,1-2H3,(H2,26,27,28);1H. The summed E-state index contributed by atoms with van der Waals surface area (Å²) in [6.07, 6.45) is 1.35. The van der Waals surface area contributed by atoms with Crippen LogP contribution in [0.4, 0.5) is 5.69 Å². The molecule has 0 aliphatic carbocycles. The number of methoxy groups -OCH3 is 1. The van der Waals surface area contributed by atoms with Gasteiger partial charge in [-0.3, -0.25) is 9.89 Å². The minimum absolute atomic E-state index is 0. The fraction of sp³-hybridized carbons (Fsp3) is 0.480. The Bertz CT molecular complexity index is 865. The first-order valence-electron chi connectivity index (χ1n) is 11.4. The fourth-order valence-corrected chi connectivity index (χ4v) is 3.76. The van der Waals surface area contributed by atoms with Gasteiger partial charge in [-0.2, -0.15) is 0 Å². The first-order valence-corrected chi connectivity index (χ1v) is 11.4. The van der Waals surface area contributed by atoms with Crippen molar-refractivity contribution in [1.82, 2.24) is 10.2 Å². The van der Waals surface area contributed by atoms with E-state index in [0.29, 0.717) is 32.3 Å². The number of guanidine groups is 1. The molecule has 0 saturated carbocycles. The zero-order chi connectivity index (χ0) is 22.6. The molecule has 1 aliphatic rings. The third-order valence-corrected chi connectivity index (χ3v) is 5.34. The number of rotatable bonds is 11. The van der Waals surface area contributed by atoms with Gasteiger partial charge in [-0.15, -0.1) is 24.0 Å². The van der Waals surface area contributed by atoms with E-state index in [1.54, 1.807) is 7.11 Å². The molecule has 8 heteroatoms. The van der Waals surface area contributed by atoms with Crippen LogP contribution in [0.15, 0.2) is 53.5 Å². The second-order valence-corrected chi connectivity index (χ2v) is 7.97. The van der Waals surface area contributed by atoms with Gasteiger partial charge in [-0.05, 0) is 36.6 Å². The first kappa shape index (κ1) is 27.4. The normalized spacial score (nSPS) is 14.7. The van der Waals surface area contributed by atoms with Crippen LogP contribution in [0.5, 0.6) is 5.75 Å². The van der Waals surface area contributed by atoms with Crippen molar-refractivity contribution >= 4 is 35.6 Å². The molecule has 0 amide bonds. The van der Waals surface area contributed by atoms with Gasteiger partial charge >= 0.3 is 0 Å². The molecule has 33 heavy (non-hydrogen) atoms. The summed E-state index contributed by atoms with van der Waals surface area (Å²) in [5, 5.41) is 17.1. The molecule has 0 bridgehead atoms. The predicted octanol–water partition coefficient (Wildman–Crippen LogP) is 3.52. The van der Waals surface area contributed by atoms with E-state index in [-0.39, 0.29) is 24.0 Å². The van der Waals surface area contributed by atoms with Crippen LogP contribution < -0.4 is 15.4 Å². The summed E-state index contributed by atoms with van der Waals surface area (Å²) in [7, 11) is 1.69. The summed E-state index contributed by atoms with van der Waals surface area (Å²) >= 11 is 0. The number of fused-ring (bicyclic) bond motifs is 1. The molecule has 1 atom stereocenters. The molecule has 1 unspecified atom stereocenters. The summed E-state index contributed by atoms with van der Waals surface area (Å²) in [5.74, 6) is 1.44. The molecule has 2 aromatic rings. The van der Waals surface area contributed by atoms with Crippen molar-refractivity contribution in [3.8, 4) is 5.75 Å². The van der Waals surface area contributed by atoms with Gasteiger partial charge in [0.2, 0.25) is 0 Å². The Balaban J connectivity index is 0.00000385. The highest BCUT2D eigenvalue weighted by Crippen LogP contribution is 2.19. The van der Waals surface area contributed by atoms with E-state index in [0.717, 1.165) is 43.9 Å². The fourth-order valence-electron chi connectivity index (χ4n) is 3.76. The molecule has 1 aliphatic heterocycles. The average molecular weight is 569 g/mol. The minimum Gasteiger partial charge on any atom is -0.493 e. The third kappa shape index (κ3) is 9.48. The number of hydrogen-bond acceptors (Lipinski definition) is 5. The first-order chi connectivity index (χ1) is 15.7. The number of hydrogen-bond donors (Lipinski definition) is 3.